The molecular weight excluding hydrogens is 349 g/mol. The molecule has 1 saturated carbocycles. The van der Waals surface area contributed by atoms with Crippen molar-refractivity contribution in [3.05, 3.63) is 35.4 Å². The van der Waals surface area contributed by atoms with Crippen LogP contribution in [0.4, 0.5) is 18.0 Å². The second-order valence-electron chi connectivity index (χ2n) is 7.25. The van der Waals surface area contributed by atoms with Gasteiger partial charge in [-0.2, -0.15) is 13.2 Å². The average Bonchev–Trinajstić information content (AvgIpc) is 3.19. The van der Waals surface area contributed by atoms with E-state index in [4.69, 9.17) is 5.11 Å². The number of likely N-dealkylation sites (tertiary alicyclic amines) is 1. The molecule has 1 aliphatic heterocycles. The number of urea groups is 1. The SMILES string of the molecule is Cc1ccccc1C1(CNC(=O)N2C[C@@H](C(F)(F)F)[C@H](C(=O)O)C2)CC1. The highest BCUT2D eigenvalue weighted by Gasteiger charge is 2.54. The maximum absolute atomic E-state index is 13.0. The lowest BCUT2D eigenvalue weighted by Gasteiger charge is -2.22. The third-order valence-corrected chi connectivity index (χ3v) is 5.49. The van der Waals surface area contributed by atoms with Crippen molar-refractivity contribution in [2.75, 3.05) is 19.6 Å². The Morgan fingerprint density at radius 1 is 1.27 bits per heavy atom. The van der Waals surface area contributed by atoms with Crippen LogP contribution in [0.5, 0.6) is 0 Å². The summed E-state index contributed by atoms with van der Waals surface area (Å²) in [6.45, 7) is 1.27. The van der Waals surface area contributed by atoms with Gasteiger partial charge in [0.15, 0.2) is 0 Å². The van der Waals surface area contributed by atoms with E-state index in [2.05, 4.69) is 5.32 Å². The van der Waals surface area contributed by atoms with Gasteiger partial charge in [0.1, 0.15) is 0 Å². The summed E-state index contributed by atoms with van der Waals surface area (Å²) in [6, 6.07) is 7.22. The number of carbonyl (C=O) groups is 2. The molecule has 1 aromatic rings. The minimum atomic E-state index is -4.64. The molecule has 0 unspecified atom stereocenters. The Kier molecular flexibility index (Phi) is 4.62. The zero-order valence-electron chi connectivity index (χ0n) is 14.3. The molecule has 0 radical (unpaired) electrons. The van der Waals surface area contributed by atoms with Crippen molar-refractivity contribution in [3.8, 4) is 0 Å². The molecule has 2 atom stereocenters. The van der Waals surface area contributed by atoms with Gasteiger partial charge in [-0.25, -0.2) is 4.79 Å². The second kappa shape index (κ2) is 6.48. The van der Waals surface area contributed by atoms with Crippen LogP contribution in [-0.4, -0.2) is 47.8 Å². The number of halogens is 3. The summed E-state index contributed by atoms with van der Waals surface area (Å²) in [4.78, 5) is 24.4. The molecule has 0 bridgehead atoms. The second-order valence-corrected chi connectivity index (χ2v) is 7.25. The quantitative estimate of drug-likeness (QED) is 0.856. The summed E-state index contributed by atoms with van der Waals surface area (Å²) in [5.41, 5.74) is 2.08. The van der Waals surface area contributed by atoms with Gasteiger partial charge in [0.25, 0.3) is 0 Å². The van der Waals surface area contributed by atoms with Crippen molar-refractivity contribution in [1.82, 2.24) is 10.2 Å². The summed E-state index contributed by atoms with van der Waals surface area (Å²) in [5, 5.41) is 11.7. The van der Waals surface area contributed by atoms with E-state index < -0.39 is 43.1 Å². The Hall–Kier alpha value is -2.25. The molecule has 142 valence electrons. The van der Waals surface area contributed by atoms with E-state index in [1.807, 2.05) is 31.2 Å². The van der Waals surface area contributed by atoms with Gasteiger partial charge in [-0.3, -0.25) is 4.79 Å². The summed E-state index contributed by atoms with van der Waals surface area (Å²) < 4.78 is 39.1. The lowest BCUT2D eigenvalue weighted by molar-refractivity contribution is -0.187. The van der Waals surface area contributed by atoms with E-state index in [-0.39, 0.29) is 5.41 Å². The fourth-order valence-electron chi connectivity index (χ4n) is 3.77. The zero-order chi connectivity index (χ0) is 19.1. The minimum Gasteiger partial charge on any atom is -0.481 e. The van der Waals surface area contributed by atoms with Gasteiger partial charge in [-0.15, -0.1) is 0 Å². The topological polar surface area (TPSA) is 69.6 Å². The Balaban J connectivity index is 1.64. The molecule has 5 nitrogen and oxygen atoms in total. The van der Waals surface area contributed by atoms with Crippen molar-refractivity contribution in [2.45, 2.75) is 31.4 Å². The van der Waals surface area contributed by atoms with Crippen molar-refractivity contribution >= 4 is 12.0 Å². The third kappa shape index (κ3) is 3.50. The smallest absolute Gasteiger partial charge is 0.394 e. The molecule has 1 aliphatic carbocycles. The molecule has 8 heteroatoms. The van der Waals surface area contributed by atoms with Crippen molar-refractivity contribution < 1.29 is 27.9 Å². The highest BCUT2D eigenvalue weighted by molar-refractivity contribution is 5.78. The Bertz CT molecular complexity index is 716. The number of carboxylic acid groups (broad SMARTS) is 1. The van der Waals surface area contributed by atoms with Crippen LogP contribution in [0.2, 0.25) is 0 Å². The molecule has 26 heavy (non-hydrogen) atoms. The molecule has 1 aromatic carbocycles. The molecule has 0 aromatic heterocycles. The summed E-state index contributed by atoms with van der Waals surface area (Å²) >= 11 is 0. The summed E-state index contributed by atoms with van der Waals surface area (Å²) in [5.74, 6) is -5.18. The van der Waals surface area contributed by atoms with Crippen LogP contribution in [0, 0.1) is 18.8 Å². The number of nitrogens with one attached hydrogen (secondary N) is 1. The normalized spacial score (nSPS) is 24.4. The lowest BCUT2D eigenvalue weighted by atomic mass is 9.92. The molecule has 2 amide bonds. The first kappa shape index (κ1) is 18.5. The first-order valence-electron chi connectivity index (χ1n) is 8.52. The predicted octanol–water partition coefficient (Wildman–Crippen LogP) is 2.93. The van der Waals surface area contributed by atoms with Crippen LogP contribution in [0.3, 0.4) is 0 Å². The number of aliphatic carboxylic acids is 1. The van der Waals surface area contributed by atoms with Crippen LogP contribution < -0.4 is 5.32 Å². The number of alkyl halides is 3. The van der Waals surface area contributed by atoms with Crippen LogP contribution in [-0.2, 0) is 10.2 Å². The molecule has 1 saturated heterocycles. The van der Waals surface area contributed by atoms with E-state index in [0.29, 0.717) is 6.54 Å². The van der Waals surface area contributed by atoms with Gasteiger partial charge in [-0.05, 0) is 30.9 Å². The van der Waals surface area contributed by atoms with E-state index in [1.54, 1.807) is 0 Å². The number of aryl methyl sites for hydroxylation is 1. The van der Waals surface area contributed by atoms with Crippen LogP contribution in [0.15, 0.2) is 24.3 Å². The van der Waals surface area contributed by atoms with Crippen molar-refractivity contribution in [2.24, 2.45) is 11.8 Å². The fraction of sp³-hybridized carbons (Fsp3) is 0.556. The number of hydrogen-bond donors (Lipinski definition) is 2. The van der Waals surface area contributed by atoms with Crippen LogP contribution >= 0.6 is 0 Å². The first-order chi connectivity index (χ1) is 12.1. The largest absolute Gasteiger partial charge is 0.481 e. The molecule has 2 fully saturated rings. The molecule has 0 spiro atoms. The van der Waals surface area contributed by atoms with E-state index in [0.717, 1.165) is 28.9 Å². The fourth-order valence-corrected chi connectivity index (χ4v) is 3.77. The van der Waals surface area contributed by atoms with Crippen LogP contribution in [0.25, 0.3) is 0 Å². The first-order valence-corrected chi connectivity index (χ1v) is 8.52. The molecule has 2 aliphatic rings. The molecule has 2 N–H and O–H groups in total. The van der Waals surface area contributed by atoms with Gasteiger partial charge >= 0.3 is 18.2 Å². The zero-order valence-corrected chi connectivity index (χ0v) is 14.3. The van der Waals surface area contributed by atoms with Crippen LogP contribution in [0.1, 0.15) is 24.0 Å². The molecule has 3 rings (SSSR count). The number of hydrogen-bond acceptors (Lipinski definition) is 2. The standard InChI is InChI=1S/C18H21F3N2O3/c1-11-4-2-3-5-13(11)17(6-7-17)10-22-16(26)23-8-12(15(24)25)14(9-23)18(19,20)21/h2-5,12,14H,6-10H2,1H3,(H,22,26)(H,24,25)/t12-,14-/m1/s1. The monoisotopic (exact) mass is 370 g/mol. The Morgan fingerprint density at radius 3 is 2.42 bits per heavy atom. The number of benzene rings is 1. The third-order valence-electron chi connectivity index (χ3n) is 5.49. The highest BCUT2D eigenvalue weighted by atomic mass is 19.4. The van der Waals surface area contributed by atoms with E-state index >= 15 is 0 Å². The van der Waals surface area contributed by atoms with Gasteiger partial charge in [0.05, 0.1) is 11.8 Å². The number of nitrogens with zero attached hydrogens (tertiary/aromatic N) is 1. The maximum atomic E-state index is 13.0. The summed E-state index contributed by atoms with van der Waals surface area (Å²) in [6.07, 6.45) is -2.83. The average molecular weight is 370 g/mol. The van der Waals surface area contributed by atoms with Gasteiger partial charge < -0.3 is 15.3 Å². The maximum Gasteiger partial charge on any atom is 0.394 e. The lowest BCUT2D eigenvalue weighted by Crippen LogP contribution is -2.42. The number of carboxylic acids is 1. The van der Waals surface area contributed by atoms with Crippen molar-refractivity contribution in [3.63, 3.8) is 0 Å². The highest BCUT2D eigenvalue weighted by Crippen LogP contribution is 2.48. The van der Waals surface area contributed by atoms with Gasteiger partial charge in [0.2, 0.25) is 0 Å². The number of rotatable bonds is 4. The number of carbonyl (C=O) groups excluding carboxylic acids is 1. The Labute approximate surface area is 149 Å². The number of amides is 2. The minimum absolute atomic E-state index is 0.170. The molecular formula is C18H21F3N2O3. The predicted molar refractivity (Wildman–Crippen MR) is 87.7 cm³/mol. The van der Waals surface area contributed by atoms with Crippen molar-refractivity contribution in [1.29, 1.82) is 0 Å². The molecule has 1 heterocycles. The Morgan fingerprint density at radius 2 is 1.92 bits per heavy atom. The van der Waals surface area contributed by atoms with E-state index in [1.165, 1.54) is 0 Å². The van der Waals surface area contributed by atoms with Gasteiger partial charge in [0, 0.05) is 25.0 Å². The van der Waals surface area contributed by atoms with Gasteiger partial charge in [-0.1, -0.05) is 24.3 Å². The summed E-state index contributed by atoms with van der Waals surface area (Å²) in [7, 11) is 0. The van der Waals surface area contributed by atoms with E-state index in [9.17, 15) is 22.8 Å².